The van der Waals surface area contributed by atoms with Crippen LogP contribution in [0.25, 0.3) is 0 Å². The first-order valence-electron chi connectivity index (χ1n) is 10.4. The number of hydrogen-bond donors (Lipinski definition) is 1. The number of carbonyl (C=O) groups excluding carboxylic acids is 1. The molecule has 0 saturated carbocycles. The van der Waals surface area contributed by atoms with Crippen LogP contribution >= 0.6 is 0 Å². The van der Waals surface area contributed by atoms with Gasteiger partial charge in [0.05, 0.1) is 37.0 Å². The summed E-state index contributed by atoms with van der Waals surface area (Å²) in [6.45, 7) is 4.71. The lowest BCUT2D eigenvalue weighted by atomic mass is 10.2. The quantitative estimate of drug-likeness (QED) is 0.715. The average Bonchev–Trinajstić information content (AvgIpc) is 3.19. The molecule has 2 aromatic rings. The number of nitrogens with one attached hydrogen (secondary N) is 1. The van der Waals surface area contributed by atoms with Crippen molar-refractivity contribution in [2.75, 3.05) is 45.9 Å². The van der Waals surface area contributed by atoms with E-state index >= 15 is 0 Å². The Balaban J connectivity index is 1.32. The highest BCUT2D eigenvalue weighted by Gasteiger charge is 2.30. The molecule has 168 valence electrons. The smallest absolute Gasteiger partial charge is 0.243 e. The van der Waals surface area contributed by atoms with E-state index in [0.717, 1.165) is 6.42 Å². The van der Waals surface area contributed by atoms with Crippen LogP contribution < -0.4 is 14.8 Å². The predicted molar refractivity (Wildman–Crippen MR) is 113 cm³/mol. The van der Waals surface area contributed by atoms with E-state index in [1.54, 1.807) is 24.5 Å². The number of furan rings is 1. The van der Waals surface area contributed by atoms with E-state index in [0.29, 0.717) is 56.7 Å². The van der Waals surface area contributed by atoms with E-state index in [4.69, 9.17) is 13.9 Å². The van der Waals surface area contributed by atoms with Crippen molar-refractivity contribution in [3.63, 3.8) is 0 Å². The zero-order chi connectivity index (χ0) is 21.8. The van der Waals surface area contributed by atoms with Gasteiger partial charge in [-0.3, -0.25) is 9.69 Å². The van der Waals surface area contributed by atoms with Crippen molar-refractivity contribution in [1.82, 2.24) is 14.5 Å². The summed E-state index contributed by atoms with van der Waals surface area (Å²) >= 11 is 0. The number of amides is 1. The minimum Gasteiger partial charge on any atom is -0.490 e. The standard InChI is InChI=1S/C21H27N3O6S/c1-16(18-4-2-11-28-18)22-21(25)15-23-7-9-24(10-8-23)31(26,27)17-5-6-19-20(14-17)30-13-3-12-29-19/h2,4-6,11,14,16H,3,7-10,12-13,15H2,1H3,(H,22,25)/t16-/m0/s1. The van der Waals surface area contributed by atoms with Gasteiger partial charge in [0, 0.05) is 38.7 Å². The molecule has 1 aromatic carbocycles. The van der Waals surface area contributed by atoms with E-state index in [2.05, 4.69) is 5.32 Å². The van der Waals surface area contributed by atoms with Crippen LogP contribution in [-0.4, -0.2) is 69.5 Å². The number of fused-ring (bicyclic) bond motifs is 1. The largest absolute Gasteiger partial charge is 0.490 e. The lowest BCUT2D eigenvalue weighted by molar-refractivity contribution is -0.123. The van der Waals surface area contributed by atoms with Crippen molar-refractivity contribution in [3.8, 4) is 11.5 Å². The number of nitrogens with zero attached hydrogens (tertiary/aromatic N) is 2. The van der Waals surface area contributed by atoms with Gasteiger partial charge in [-0.05, 0) is 31.2 Å². The SMILES string of the molecule is C[C@H](NC(=O)CN1CCN(S(=O)(=O)c2ccc3c(c2)OCCCO3)CC1)c1ccco1. The topological polar surface area (TPSA) is 101 Å². The Morgan fingerprint density at radius 1 is 1.10 bits per heavy atom. The summed E-state index contributed by atoms with van der Waals surface area (Å²) in [6, 6.07) is 8.11. The number of ether oxygens (including phenoxy) is 2. The highest BCUT2D eigenvalue weighted by molar-refractivity contribution is 7.89. The maximum atomic E-state index is 13.1. The fourth-order valence-corrected chi connectivity index (χ4v) is 5.12. The Kier molecular flexibility index (Phi) is 6.49. The Bertz CT molecular complexity index is 1000. The van der Waals surface area contributed by atoms with Crippen LogP contribution in [0.3, 0.4) is 0 Å². The van der Waals surface area contributed by atoms with Crippen LogP contribution in [-0.2, 0) is 14.8 Å². The molecule has 0 radical (unpaired) electrons. The summed E-state index contributed by atoms with van der Waals surface area (Å²) in [5, 5.41) is 2.90. The molecule has 0 unspecified atom stereocenters. The van der Waals surface area contributed by atoms with Crippen LogP contribution in [0, 0.1) is 0 Å². The van der Waals surface area contributed by atoms with Gasteiger partial charge in [0.25, 0.3) is 0 Å². The molecule has 9 nitrogen and oxygen atoms in total. The van der Waals surface area contributed by atoms with Crippen LogP contribution in [0.1, 0.15) is 25.1 Å². The normalized spacial score (nSPS) is 18.9. The molecule has 0 bridgehead atoms. The minimum absolute atomic E-state index is 0.122. The van der Waals surface area contributed by atoms with Gasteiger partial charge in [0.1, 0.15) is 5.76 Å². The molecule has 2 aliphatic rings. The van der Waals surface area contributed by atoms with E-state index in [1.165, 1.54) is 10.4 Å². The van der Waals surface area contributed by atoms with Crippen molar-refractivity contribution in [3.05, 3.63) is 42.4 Å². The van der Waals surface area contributed by atoms with Crippen LogP contribution in [0.15, 0.2) is 45.9 Å². The molecule has 1 N–H and O–H groups in total. The van der Waals surface area contributed by atoms with Crippen molar-refractivity contribution in [2.45, 2.75) is 24.3 Å². The van der Waals surface area contributed by atoms with Crippen molar-refractivity contribution < 1.29 is 27.1 Å². The molecule has 31 heavy (non-hydrogen) atoms. The number of piperazine rings is 1. The summed E-state index contributed by atoms with van der Waals surface area (Å²) in [6.07, 6.45) is 2.33. The monoisotopic (exact) mass is 449 g/mol. The van der Waals surface area contributed by atoms with Crippen LogP contribution in [0.5, 0.6) is 11.5 Å². The second-order valence-corrected chi connectivity index (χ2v) is 9.58. The van der Waals surface area contributed by atoms with E-state index in [9.17, 15) is 13.2 Å². The van der Waals surface area contributed by atoms with E-state index < -0.39 is 10.0 Å². The maximum Gasteiger partial charge on any atom is 0.243 e. The molecule has 1 atom stereocenters. The molecular weight excluding hydrogens is 422 g/mol. The van der Waals surface area contributed by atoms with E-state index in [-0.39, 0.29) is 23.4 Å². The zero-order valence-corrected chi connectivity index (χ0v) is 18.3. The predicted octanol–water partition coefficient (Wildman–Crippen LogP) is 1.62. The molecule has 10 heteroatoms. The first-order chi connectivity index (χ1) is 14.9. The van der Waals surface area contributed by atoms with Crippen molar-refractivity contribution >= 4 is 15.9 Å². The fourth-order valence-electron chi connectivity index (χ4n) is 3.68. The number of benzene rings is 1. The van der Waals surface area contributed by atoms with Gasteiger partial charge in [0.2, 0.25) is 15.9 Å². The van der Waals surface area contributed by atoms with Crippen molar-refractivity contribution in [1.29, 1.82) is 0 Å². The molecule has 1 saturated heterocycles. The number of sulfonamides is 1. The van der Waals surface area contributed by atoms with Gasteiger partial charge < -0.3 is 19.2 Å². The van der Waals surface area contributed by atoms with Crippen LogP contribution in [0.2, 0.25) is 0 Å². The molecule has 1 fully saturated rings. The second-order valence-electron chi connectivity index (χ2n) is 7.64. The van der Waals surface area contributed by atoms with Gasteiger partial charge in [0.15, 0.2) is 11.5 Å². The second kappa shape index (κ2) is 9.29. The van der Waals surface area contributed by atoms with Gasteiger partial charge in [-0.2, -0.15) is 4.31 Å². The number of carbonyl (C=O) groups is 1. The Morgan fingerprint density at radius 3 is 2.55 bits per heavy atom. The van der Waals surface area contributed by atoms with Gasteiger partial charge >= 0.3 is 0 Å². The van der Waals surface area contributed by atoms with Gasteiger partial charge in [-0.25, -0.2) is 8.42 Å². The molecule has 2 aliphatic heterocycles. The molecule has 1 amide bonds. The lowest BCUT2D eigenvalue weighted by Gasteiger charge is -2.33. The highest BCUT2D eigenvalue weighted by Crippen LogP contribution is 2.33. The average molecular weight is 450 g/mol. The first-order valence-corrected chi connectivity index (χ1v) is 11.8. The molecule has 0 spiro atoms. The first kappa shape index (κ1) is 21.7. The third-order valence-electron chi connectivity index (χ3n) is 5.40. The Morgan fingerprint density at radius 2 is 1.84 bits per heavy atom. The number of rotatable bonds is 6. The lowest BCUT2D eigenvalue weighted by Crippen LogP contribution is -2.51. The van der Waals surface area contributed by atoms with Gasteiger partial charge in [-0.1, -0.05) is 0 Å². The summed E-state index contributed by atoms with van der Waals surface area (Å²) < 4.78 is 44.1. The summed E-state index contributed by atoms with van der Waals surface area (Å²) in [5.41, 5.74) is 0. The molecule has 0 aliphatic carbocycles. The van der Waals surface area contributed by atoms with Crippen LogP contribution in [0.4, 0.5) is 0 Å². The highest BCUT2D eigenvalue weighted by atomic mass is 32.2. The summed E-state index contributed by atoms with van der Waals surface area (Å²) in [5.74, 6) is 1.60. The summed E-state index contributed by atoms with van der Waals surface area (Å²) in [4.78, 5) is 14.5. The Hall–Kier alpha value is -2.56. The summed E-state index contributed by atoms with van der Waals surface area (Å²) in [7, 11) is -3.65. The fraction of sp³-hybridized carbons (Fsp3) is 0.476. The molecule has 1 aromatic heterocycles. The van der Waals surface area contributed by atoms with E-state index in [1.807, 2.05) is 17.9 Å². The van der Waals surface area contributed by atoms with Gasteiger partial charge in [-0.15, -0.1) is 0 Å². The maximum absolute atomic E-state index is 13.1. The number of hydrogen-bond acceptors (Lipinski definition) is 7. The third-order valence-corrected chi connectivity index (χ3v) is 7.30. The van der Waals surface area contributed by atoms with Crippen molar-refractivity contribution in [2.24, 2.45) is 0 Å². The molecule has 4 rings (SSSR count). The third kappa shape index (κ3) is 5.03. The Labute approximate surface area is 182 Å². The zero-order valence-electron chi connectivity index (χ0n) is 17.5. The molecule has 3 heterocycles. The minimum atomic E-state index is -3.65. The molecular formula is C21H27N3O6S.